The number of benzene rings is 2. The van der Waals surface area contributed by atoms with Crippen molar-refractivity contribution in [3.63, 3.8) is 0 Å². The number of esters is 1. The summed E-state index contributed by atoms with van der Waals surface area (Å²) in [6.07, 6.45) is 0.663. The van der Waals surface area contributed by atoms with Gasteiger partial charge in [-0.1, -0.05) is 23.2 Å². The van der Waals surface area contributed by atoms with Gasteiger partial charge in [0.1, 0.15) is 11.5 Å². The van der Waals surface area contributed by atoms with Crippen molar-refractivity contribution >= 4 is 51.9 Å². The Hall–Kier alpha value is -3.30. The summed E-state index contributed by atoms with van der Waals surface area (Å²) in [5.74, 6) is 0.757. The molecule has 0 aliphatic carbocycles. The van der Waals surface area contributed by atoms with Gasteiger partial charge < -0.3 is 24.0 Å². The quantitative estimate of drug-likeness (QED) is 0.428. The fourth-order valence-electron chi connectivity index (χ4n) is 4.05. The van der Waals surface area contributed by atoms with Crippen LogP contribution in [0.3, 0.4) is 0 Å². The van der Waals surface area contributed by atoms with E-state index < -0.39 is 5.97 Å². The molecule has 190 valence electrons. The highest BCUT2D eigenvalue weighted by atomic mass is 35.5. The van der Waals surface area contributed by atoms with Crippen LogP contribution in [0.25, 0.3) is 11.0 Å². The van der Waals surface area contributed by atoms with E-state index in [2.05, 4.69) is 4.98 Å². The van der Waals surface area contributed by atoms with Crippen LogP contribution in [0.1, 0.15) is 34.2 Å². The third-order valence-corrected chi connectivity index (χ3v) is 6.56. The number of aromatic nitrogens is 2. The number of anilines is 1. The predicted octanol–water partition coefficient (Wildman–Crippen LogP) is 4.48. The average molecular weight is 533 g/mol. The van der Waals surface area contributed by atoms with Crippen molar-refractivity contribution in [2.45, 2.75) is 13.3 Å². The van der Waals surface area contributed by atoms with E-state index in [-0.39, 0.29) is 18.2 Å². The van der Waals surface area contributed by atoms with Crippen LogP contribution >= 0.6 is 23.2 Å². The van der Waals surface area contributed by atoms with E-state index >= 15 is 0 Å². The summed E-state index contributed by atoms with van der Waals surface area (Å²) >= 11 is 12.3. The third kappa shape index (κ3) is 5.42. The van der Waals surface area contributed by atoms with Crippen molar-refractivity contribution in [3.05, 3.63) is 51.6 Å². The smallest absolute Gasteiger partial charge is 0.360 e. The summed E-state index contributed by atoms with van der Waals surface area (Å²) < 4.78 is 15.8. The van der Waals surface area contributed by atoms with Crippen LogP contribution in [0.15, 0.2) is 30.3 Å². The van der Waals surface area contributed by atoms with Crippen molar-refractivity contribution in [2.75, 3.05) is 51.9 Å². The van der Waals surface area contributed by atoms with E-state index in [4.69, 9.17) is 42.4 Å². The Balaban J connectivity index is 1.63. The fraction of sp³-hybridized carbons (Fsp3) is 0.360. The summed E-state index contributed by atoms with van der Waals surface area (Å²) in [6.45, 7) is 3.89. The first-order valence-electron chi connectivity index (χ1n) is 11.5. The molecule has 1 fully saturated rings. The zero-order chi connectivity index (χ0) is 25.8. The van der Waals surface area contributed by atoms with Gasteiger partial charge in [-0.15, -0.1) is 0 Å². The number of rotatable bonds is 6. The van der Waals surface area contributed by atoms with Crippen molar-refractivity contribution in [1.82, 2.24) is 14.9 Å². The molecule has 0 atom stereocenters. The van der Waals surface area contributed by atoms with Crippen molar-refractivity contribution in [1.29, 1.82) is 0 Å². The number of hydrogen-bond acceptors (Lipinski definition) is 8. The number of nitrogens with zero attached hydrogens (tertiary/aromatic N) is 4. The number of hydrogen-bond donors (Lipinski definition) is 0. The Morgan fingerprint density at radius 1 is 0.889 bits per heavy atom. The monoisotopic (exact) mass is 532 g/mol. The van der Waals surface area contributed by atoms with E-state index in [0.29, 0.717) is 76.6 Å². The number of ether oxygens (including phenoxy) is 3. The normalized spacial score (nSPS) is 13.9. The lowest BCUT2D eigenvalue weighted by Gasteiger charge is -2.24. The van der Waals surface area contributed by atoms with Crippen molar-refractivity contribution in [3.8, 4) is 11.5 Å². The minimum Gasteiger partial charge on any atom is -0.497 e. The van der Waals surface area contributed by atoms with Gasteiger partial charge in [0, 0.05) is 37.8 Å². The van der Waals surface area contributed by atoms with Crippen LogP contribution in [-0.2, 0) is 4.74 Å². The molecule has 1 aromatic heterocycles. The van der Waals surface area contributed by atoms with Gasteiger partial charge >= 0.3 is 5.97 Å². The summed E-state index contributed by atoms with van der Waals surface area (Å²) in [4.78, 5) is 39.0. The van der Waals surface area contributed by atoms with Gasteiger partial charge in [0.2, 0.25) is 0 Å². The topological polar surface area (TPSA) is 94.1 Å². The van der Waals surface area contributed by atoms with Crippen LogP contribution < -0.4 is 14.4 Å². The highest BCUT2D eigenvalue weighted by molar-refractivity contribution is 6.42. The molecule has 0 N–H and O–H groups in total. The summed E-state index contributed by atoms with van der Waals surface area (Å²) in [6, 6.07) is 8.29. The molecular formula is C25H26Cl2N4O5. The Kier molecular flexibility index (Phi) is 8.01. The molecule has 1 saturated heterocycles. The first-order valence-corrected chi connectivity index (χ1v) is 12.2. The number of fused-ring (bicyclic) bond motifs is 1. The molecule has 9 nitrogen and oxygen atoms in total. The molecule has 3 aromatic rings. The Morgan fingerprint density at radius 3 is 2.14 bits per heavy atom. The minimum absolute atomic E-state index is 0.0973. The van der Waals surface area contributed by atoms with Gasteiger partial charge in [-0.3, -0.25) is 4.79 Å². The van der Waals surface area contributed by atoms with Crippen LogP contribution in [0.2, 0.25) is 10.0 Å². The highest BCUT2D eigenvalue weighted by Gasteiger charge is 2.27. The van der Waals surface area contributed by atoms with Gasteiger partial charge in [-0.05, 0) is 37.6 Å². The summed E-state index contributed by atoms with van der Waals surface area (Å²) in [5.41, 5.74) is 1.52. The van der Waals surface area contributed by atoms with E-state index in [9.17, 15) is 9.59 Å². The van der Waals surface area contributed by atoms with Gasteiger partial charge in [-0.25, -0.2) is 14.8 Å². The predicted molar refractivity (Wildman–Crippen MR) is 138 cm³/mol. The number of carbonyl (C=O) groups is 2. The van der Waals surface area contributed by atoms with Gasteiger partial charge in [0.05, 0.1) is 41.9 Å². The maximum absolute atomic E-state index is 13.3. The molecule has 36 heavy (non-hydrogen) atoms. The molecule has 2 aromatic carbocycles. The molecule has 4 rings (SSSR count). The second kappa shape index (κ2) is 11.2. The van der Waals surface area contributed by atoms with Crippen LogP contribution in [-0.4, -0.2) is 73.7 Å². The molecule has 0 spiro atoms. The lowest BCUT2D eigenvalue weighted by atomic mass is 10.1. The van der Waals surface area contributed by atoms with Gasteiger partial charge in [0.15, 0.2) is 11.5 Å². The average Bonchev–Trinajstić information content (AvgIpc) is 3.14. The van der Waals surface area contributed by atoms with E-state index in [0.717, 1.165) is 0 Å². The molecule has 1 aliphatic rings. The molecule has 0 bridgehead atoms. The first-order chi connectivity index (χ1) is 17.3. The van der Waals surface area contributed by atoms with Crippen molar-refractivity contribution in [2.24, 2.45) is 0 Å². The van der Waals surface area contributed by atoms with Gasteiger partial charge in [0.25, 0.3) is 5.91 Å². The van der Waals surface area contributed by atoms with E-state index in [1.807, 2.05) is 4.90 Å². The van der Waals surface area contributed by atoms with Crippen LogP contribution in [0, 0.1) is 0 Å². The van der Waals surface area contributed by atoms with E-state index in [1.54, 1.807) is 56.4 Å². The third-order valence-electron chi connectivity index (χ3n) is 5.84. The number of methoxy groups -OCH3 is 2. The zero-order valence-electron chi connectivity index (χ0n) is 20.2. The van der Waals surface area contributed by atoms with Crippen molar-refractivity contribution < 1.29 is 23.8 Å². The SMILES string of the molecule is CCOC(=O)c1nc2cc(Cl)c(Cl)cc2nc1N1CCCN(C(=O)c2cc(OC)cc(OC)c2)CC1. The lowest BCUT2D eigenvalue weighted by molar-refractivity contribution is 0.0520. The van der Waals surface area contributed by atoms with Crippen LogP contribution in [0.4, 0.5) is 5.82 Å². The summed E-state index contributed by atoms with van der Waals surface area (Å²) in [7, 11) is 3.08. The number of halogens is 2. The Labute approximate surface area is 218 Å². The number of amides is 1. The second-order valence-corrected chi connectivity index (χ2v) is 8.92. The first kappa shape index (κ1) is 25.8. The van der Waals surface area contributed by atoms with E-state index in [1.165, 1.54) is 0 Å². The molecule has 1 aliphatic heterocycles. The standard InChI is InChI=1S/C25H26Cl2N4O5/c1-4-36-25(33)22-23(29-21-14-19(27)18(26)13-20(21)28-22)30-6-5-7-31(9-8-30)24(32)15-10-16(34-2)12-17(11-15)35-3/h10-14H,4-9H2,1-3H3. The minimum atomic E-state index is -0.575. The molecule has 11 heteroatoms. The molecule has 0 unspecified atom stereocenters. The lowest BCUT2D eigenvalue weighted by Crippen LogP contribution is -2.36. The maximum Gasteiger partial charge on any atom is 0.360 e. The largest absolute Gasteiger partial charge is 0.497 e. The molecule has 1 amide bonds. The fourth-order valence-corrected chi connectivity index (χ4v) is 4.36. The number of carbonyl (C=O) groups excluding carboxylic acids is 2. The summed E-state index contributed by atoms with van der Waals surface area (Å²) in [5, 5.41) is 0.661. The molecule has 0 saturated carbocycles. The molecule has 0 radical (unpaired) electrons. The Bertz CT molecular complexity index is 1280. The zero-order valence-corrected chi connectivity index (χ0v) is 21.7. The van der Waals surface area contributed by atoms with Crippen LogP contribution in [0.5, 0.6) is 11.5 Å². The highest BCUT2D eigenvalue weighted by Crippen LogP contribution is 2.30. The Morgan fingerprint density at radius 2 is 1.53 bits per heavy atom. The molecular weight excluding hydrogens is 507 g/mol. The molecule has 2 heterocycles. The van der Waals surface area contributed by atoms with Gasteiger partial charge in [-0.2, -0.15) is 0 Å². The second-order valence-electron chi connectivity index (χ2n) is 8.11. The maximum atomic E-state index is 13.3.